The van der Waals surface area contributed by atoms with Crippen molar-refractivity contribution in [1.82, 2.24) is 19.8 Å². The maximum atomic E-state index is 6.34. The van der Waals surface area contributed by atoms with Crippen LogP contribution in [0.15, 0.2) is 43.2 Å². The molecule has 1 saturated heterocycles. The van der Waals surface area contributed by atoms with E-state index in [0.717, 1.165) is 32.0 Å². The summed E-state index contributed by atoms with van der Waals surface area (Å²) in [6.07, 6.45) is 5.55. The second kappa shape index (κ2) is 9.25. The van der Waals surface area contributed by atoms with E-state index in [-0.39, 0.29) is 18.4 Å². The topological polar surface area (TPSA) is 42.3 Å². The third-order valence-electron chi connectivity index (χ3n) is 4.25. The number of benzene rings is 1. The molecule has 1 fully saturated rings. The summed E-state index contributed by atoms with van der Waals surface area (Å²) >= 11 is 6.34. The minimum Gasteiger partial charge on any atom is -0.488 e. The van der Waals surface area contributed by atoms with Crippen LogP contribution in [0.25, 0.3) is 0 Å². The molecule has 0 saturated carbocycles. The standard InChI is InChI=1S/C18H23ClN4O.ClH/c1-3-10-24-17-5-4-14(11-15(17)19)13-23-9-6-20-12-16(23)18-21-7-8-22(18)2;/h3-5,7-8,11,16,20H,1,6,9-10,12-13H2,2H3;1H. The van der Waals surface area contributed by atoms with Gasteiger partial charge in [-0.05, 0) is 17.7 Å². The number of nitrogens with zero attached hydrogens (tertiary/aromatic N) is 3. The van der Waals surface area contributed by atoms with E-state index < -0.39 is 0 Å². The number of halogens is 2. The highest BCUT2D eigenvalue weighted by Gasteiger charge is 2.26. The van der Waals surface area contributed by atoms with Crippen LogP contribution in [-0.2, 0) is 13.6 Å². The summed E-state index contributed by atoms with van der Waals surface area (Å²) in [6.45, 7) is 7.80. The minimum atomic E-state index is 0. The van der Waals surface area contributed by atoms with Crippen molar-refractivity contribution in [2.75, 3.05) is 26.2 Å². The fourth-order valence-corrected chi connectivity index (χ4v) is 3.29. The number of aromatic nitrogens is 2. The van der Waals surface area contributed by atoms with Crippen LogP contribution in [0.4, 0.5) is 0 Å². The largest absolute Gasteiger partial charge is 0.488 e. The predicted molar refractivity (Wildman–Crippen MR) is 104 cm³/mol. The highest BCUT2D eigenvalue weighted by atomic mass is 35.5. The first-order valence-corrected chi connectivity index (χ1v) is 8.51. The fourth-order valence-electron chi connectivity index (χ4n) is 3.03. The van der Waals surface area contributed by atoms with Crippen LogP contribution in [-0.4, -0.2) is 40.7 Å². The van der Waals surface area contributed by atoms with Gasteiger partial charge in [-0.25, -0.2) is 4.98 Å². The highest BCUT2D eigenvalue weighted by molar-refractivity contribution is 6.32. The highest BCUT2D eigenvalue weighted by Crippen LogP contribution is 2.28. The molecule has 1 aliphatic rings. The van der Waals surface area contributed by atoms with E-state index >= 15 is 0 Å². The molecule has 1 atom stereocenters. The predicted octanol–water partition coefficient (Wildman–Crippen LogP) is 3.21. The van der Waals surface area contributed by atoms with Crippen LogP contribution in [0.2, 0.25) is 5.02 Å². The Morgan fingerprint density at radius 3 is 3.00 bits per heavy atom. The van der Waals surface area contributed by atoms with Gasteiger partial charge in [-0.1, -0.05) is 30.3 Å². The van der Waals surface area contributed by atoms with Crippen LogP contribution >= 0.6 is 24.0 Å². The number of imidazole rings is 1. The molecule has 25 heavy (non-hydrogen) atoms. The Morgan fingerprint density at radius 2 is 2.32 bits per heavy atom. The Hall–Kier alpha value is -1.53. The second-order valence-electron chi connectivity index (χ2n) is 5.95. The number of ether oxygens (including phenoxy) is 1. The molecule has 2 heterocycles. The molecule has 0 radical (unpaired) electrons. The summed E-state index contributed by atoms with van der Waals surface area (Å²) in [7, 11) is 2.04. The third-order valence-corrected chi connectivity index (χ3v) is 4.54. The van der Waals surface area contributed by atoms with Crippen molar-refractivity contribution in [1.29, 1.82) is 0 Å². The van der Waals surface area contributed by atoms with Gasteiger partial charge in [-0.2, -0.15) is 0 Å². The Morgan fingerprint density at radius 1 is 1.48 bits per heavy atom. The Labute approximate surface area is 160 Å². The quantitative estimate of drug-likeness (QED) is 0.778. The van der Waals surface area contributed by atoms with Gasteiger partial charge in [-0.3, -0.25) is 4.90 Å². The van der Waals surface area contributed by atoms with E-state index in [4.69, 9.17) is 16.3 Å². The maximum Gasteiger partial charge on any atom is 0.138 e. The van der Waals surface area contributed by atoms with E-state index in [2.05, 4.69) is 32.4 Å². The second-order valence-corrected chi connectivity index (χ2v) is 6.36. The summed E-state index contributed by atoms with van der Waals surface area (Å²) in [5, 5.41) is 4.10. The normalized spacial score (nSPS) is 17.8. The van der Waals surface area contributed by atoms with Gasteiger partial charge in [-0.15, -0.1) is 12.4 Å². The average molecular weight is 383 g/mol. The molecular formula is C18H24Cl2N4O. The zero-order chi connectivity index (χ0) is 16.9. The van der Waals surface area contributed by atoms with Crippen molar-refractivity contribution in [3.63, 3.8) is 0 Å². The molecule has 5 nitrogen and oxygen atoms in total. The molecule has 1 aromatic carbocycles. The fraction of sp³-hybridized carbons (Fsp3) is 0.389. The summed E-state index contributed by atoms with van der Waals surface area (Å²) in [5.74, 6) is 1.78. The Kier molecular flexibility index (Phi) is 7.32. The van der Waals surface area contributed by atoms with Gasteiger partial charge >= 0.3 is 0 Å². The molecule has 7 heteroatoms. The number of hydrogen-bond donors (Lipinski definition) is 1. The van der Waals surface area contributed by atoms with Crippen molar-refractivity contribution in [3.05, 3.63) is 59.7 Å². The molecule has 0 aliphatic carbocycles. The van der Waals surface area contributed by atoms with Crippen molar-refractivity contribution in [2.24, 2.45) is 7.05 Å². The van der Waals surface area contributed by atoms with Gasteiger partial charge in [0.1, 0.15) is 18.2 Å². The SMILES string of the molecule is C=CCOc1ccc(CN2CCNCC2c2nccn2C)cc1Cl.Cl. The first-order chi connectivity index (χ1) is 11.7. The molecule has 3 rings (SSSR count). The first kappa shape index (κ1) is 19.8. The van der Waals surface area contributed by atoms with Crippen LogP contribution in [0.5, 0.6) is 5.75 Å². The molecule has 0 amide bonds. The van der Waals surface area contributed by atoms with Gasteiger partial charge < -0.3 is 14.6 Å². The maximum absolute atomic E-state index is 6.34. The summed E-state index contributed by atoms with van der Waals surface area (Å²) < 4.78 is 7.63. The van der Waals surface area contributed by atoms with E-state index in [1.165, 1.54) is 5.56 Å². The molecule has 1 aromatic heterocycles. The number of piperazine rings is 1. The van der Waals surface area contributed by atoms with Gasteiger partial charge in [0, 0.05) is 45.6 Å². The zero-order valence-electron chi connectivity index (χ0n) is 14.3. The lowest BCUT2D eigenvalue weighted by molar-refractivity contribution is 0.144. The lowest BCUT2D eigenvalue weighted by Gasteiger charge is -2.35. The smallest absolute Gasteiger partial charge is 0.138 e. The number of aryl methyl sites for hydroxylation is 1. The van der Waals surface area contributed by atoms with E-state index in [9.17, 15) is 0 Å². The number of hydrogen-bond acceptors (Lipinski definition) is 4. The molecule has 1 N–H and O–H groups in total. The van der Waals surface area contributed by atoms with Gasteiger partial charge in [0.15, 0.2) is 0 Å². The molecule has 136 valence electrons. The van der Waals surface area contributed by atoms with Crippen LogP contribution in [0, 0.1) is 0 Å². The lowest BCUT2D eigenvalue weighted by Crippen LogP contribution is -2.46. The monoisotopic (exact) mass is 382 g/mol. The Bertz CT molecular complexity index is 704. The molecule has 0 spiro atoms. The molecule has 1 aliphatic heterocycles. The average Bonchev–Trinajstić information content (AvgIpc) is 3.00. The van der Waals surface area contributed by atoms with Crippen LogP contribution in [0.3, 0.4) is 0 Å². The lowest BCUT2D eigenvalue weighted by atomic mass is 10.1. The number of rotatable bonds is 6. The van der Waals surface area contributed by atoms with Crippen molar-refractivity contribution in [3.8, 4) is 5.75 Å². The third kappa shape index (κ3) is 4.76. The van der Waals surface area contributed by atoms with Crippen LogP contribution in [0.1, 0.15) is 17.4 Å². The van der Waals surface area contributed by atoms with Gasteiger partial charge in [0.05, 0.1) is 11.1 Å². The van der Waals surface area contributed by atoms with Gasteiger partial charge in [0.25, 0.3) is 0 Å². The summed E-state index contributed by atoms with van der Waals surface area (Å²) in [5.41, 5.74) is 1.17. The van der Waals surface area contributed by atoms with Crippen molar-refractivity contribution >= 4 is 24.0 Å². The van der Waals surface area contributed by atoms with E-state index in [0.29, 0.717) is 17.4 Å². The van der Waals surface area contributed by atoms with E-state index in [1.54, 1.807) is 6.08 Å². The summed E-state index contributed by atoms with van der Waals surface area (Å²) in [6, 6.07) is 6.24. The molecular weight excluding hydrogens is 359 g/mol. The van der Waals surface area contributed by atoms with Crippen LogP contribution < -0.4 is 10.1 Å². The zero-order valence-corrected chi connectivity index (χ0v) is 15.9. The molecule has 1 unspecified atom stereocenters. The van der Waals surface area contributed by atoms with Crippen molar-refractivity contribution < 1.29 is 4.74 Å². The number of nitrogens with one attached hydrogen (secondary N) is 1. The first-order valence-electron chi connectivity index (χ1n) is 8.13. The van der Waals surface area contributed by atoms with Crippen molar-refractivity contribution in [2.45, 2.75) is 12.6 Å². The Balaban J connectivity index is 0.00000225. The summed E-state index contributed by atoms with van der Waals surface area (Å²) in [4.78, 5) is 6.96. The van der Waals surface area contributed by atoms with Gasteiger partial charge in [0.2, 0.25) is 0 Å². The minimum absolute atomic E-state index is 0. The van der Waals surface area contributed by atoms with E-state index in [1.807, 2.05) is 31.6 Å². The molecule has 0 bridgehead atoms. The molecule has 2 aromatic rings.